The van der Waals surface area contributed by atoms with E-state index in [1.165, 1.54) is 5.56 Å². The van der Waals surface area contributed by atoms with Gasteiger partial charge in [0.25, 0.3) is 0 Å². The molecule has 4 nitrogen and oxygen atoms in total. The van der Waals surface area contributed by atoms with Crippen molar-refractivity contribution in [1.82, 2.24) is 0 Å². The first-order valence-corrected chi connectivity index (χ1v) is 7.86. The third kappa shape index (κ3) is 2.88. The summed E-state index contributed by atoms with van der Waals surface area (Å²) in [6.07, 6.45) is 0. The SMILES string of the molecule is COc1ccc(CN2CCNc3cc(C#N)c(Br)cc32)cc1. The van der Waals surface area contributed by atoms with Gasteiger partial charge in [-0.3, -0.25) is 0 Å². The number of rotatable bonds is 3. The summed E-state index contributed by atoms with van der Waals surface area (Å²) >= 11 is 3.47. The first kappa shape index (κ1) is 14.7. The largest absolute Gasteiger partial charge is 0.497 e. The molecule has 0 bridgehead atoms. The maximum Gasteiger partial charge on any atom is 0.118 e. The van der Waals surface area contributed by atoms with Crippen LogP contribution in [0.4, 0.5) is 11.4 Å². The molecule has 0 aromatic heterocycles. The van der Waals surface area contributed by atoms with Crippen molar-refractivity contribution in [2.75, 3.05) is 30.4 Å². The van der Waals surface area contributed by atoms with Gasteiger partial charge in [-0.15, -0.1) is 0 Å². The van der Waals surface area contributed by atoms with Crippen LogP contribution in [-0.4, -0.2) is 20.2 Å². The van der Waals surface area contributed by atoms with Crippen LogP contribution in [0.25, 0.3) is 0 Å². The lowest BCUT2D eigenvalue weighted by Crippen LogP contribution is -2.33. The van der Waals surface area contributed by atoms with Crippen LogP contribution < -0.4 is 15.0 Å². The zero-order chi connectivity index (χ0) is 15.5. The Morgan fingerprint density at radius 3 is 2.77 bits per heavy atom. The number of nitriles is 1. The summed E-state index contributed by atoms with van der Waals surface area (Å²) in [6.45, 7) is 2.63. The van der Waals surface area contributed by atoms with Gasteiger partial charge in [0.05, 0.1) is 24.0 Å². The summed E-state index contributed by atoms with van der Waals surface area (Å²) in [4.78, 5) is 2.32. The van der Waals surface area contributed by atoms with Crippen LogP contribution in [0, 0.1) is 11.3 Å². The Hall–Kier alpha value is -2.19. The molecule has 0 saturated heterocycles. The molecule has 0 radical (unpaired) electrons. The molecule has 0 amide bonds. The van der Waals surface area contributed by atoms with Crippen molar-refractivity contribution in [3.63, 3.8) is 0 Å². The van der Waals surface area contributed by atoms with Gasteiger partial charge in [0, 0.05) is 24.1 Å². The van der Waals surface area contributed by atoms with E-state index in [0.717, 1.165) is 41.2 Å². The second-order valence-corrected chi connectivity index (χ2v) is 6.01. The zero-order valence-electron chi connectivity index (χ0n) is 12.3. The minimum Gasteiger partial charge on any atom is -0.497 e. The Bertz CT molecular complexity index is 722. The van der Waals surface area contributed by atoms with Gasteiger partial charge in [-0.25, -0.2) is 0 Å². The molecule has 0 saturated carbocycles. The van der Waals surface area contributed by atoms with Gasteiger partial charge >= 0.3 is 0 Å². The highest BCUT2D eigenvalue weighted by Crippen LogP contribution is 2.35. The van der Waals surface area contributed by atoms with E-state index in [9.17, 15) is 0 Å². The Morgan fingerprint density at radius 2 is 2.09 bits per heavy atom. The van der Waals surface area contributed by atoms with Crippen LogP contribution in [-0.2, 0) is 6.54 Å². The molecule has 22 heavy (non-hydrogen) atoms. The Labute approximate surface area is 138 Å². The monoisotopic (exact) mass is 357 g/mol. The number of hydrogen-bond donors (Lipinski definition) is 1. The van der Waals surface area contributed by atoms with Gasteiger partial charge < -0.3 is 15.0 Å². The van der Waals surface area contributed by atoms with Crippen LogP contribution in [0.15, 0.2) is 40.9 Å². The fraction of sp³-hybridized carbons (Fsp3) is 0.235. The zero-order valence-corrected chi connectivity index (χ0v) is 13.9. The van der Waals surface area contributed by atoms with Crippen LogP contribution >= 0.6 is 15.9 Å². The molecule has 5 heteroatoms. The second-order valence-electron chi connectivity index (χ2n) is 5.16. The first-order chi connectivity index (χ1) is 10.7. The predicted molar refractivity (Wildman–Crippen MR) is 91.4 cm³/mol. The average Bonchev–Trinajstić information content (AvgIpc) is 2.55. The molecule has 2 aromatic carbocycles. The van der Waals surface area contributed by atoms with Gasteiger partial charge in [-0.1, -0.05) is 12.1 Å². The molecule has 0 fully saturated rings. The number of nitrogens with one attached hydrogen (secondary N) is 1. The summed E-state index contributed by atoms with van der Waals surface area (Å²) in [5.41, 5.74) is 4.01. The molecule has 112 valence electrons. The second kappa shape index (κ2) is 6.29. The van der Waals surface area contributed by atoms with E-state index >= 15 is 0 Å². The molecule has 1 heterocycles. The third-order valence-corrected chi connectivity index (χ3v) is 4.43. The summed E-state index contributed by atoms with van der Waals surface area (Å²) in [5, 5.41) is 12.5. The van der Waals surface area contributed by atoms with Crippen molar-refractivity contribution >= 4 is 27.3 Å². The topological polar surface area (TPSA) is 48.3 Å². The molecule has 3 rings (SSSR count). The Balaban J connectivity index is 1.87. The van der Waals surface area contributed by atoms with Gasteiger partial charge in [-0.05, 0) is 45.8 Å². The molecular formula is C17H16BrN3O. The highest BCUT2D eigenvalue weighted by molar-refractivity contribution is 9.10. The highest BCUT2D eigenvalue weighted by atomic mass is 79.9. The quantitative estimate of drug-likeness (QED) is 0.908. The van der Waals surface area contributed by atoms with E-state index in [2.05, 4.69) is 44.3 Å². The number of hydrogen-bond acceptors (Lipinski definition) is 4. The minimum absolute atomic E-state index is 0.651. The van der Waals surface area contributed by atoms with Crippen LogP contribution in [0.5, 0.6) is 5.75 Å². The van der Waals surface area contributed by atoms with E-state index in [-0.39, 0.29) is 0 Å². The summed E-state index contributed by atoms with van der Waals surface area (Å²) in [5.74, 6) is 0.867. The van der Waals surface area contributed by atoms with E-state index in [1.54, 1.807) is 7.11 Å². The molecular weight excluding hydrogens is 342 g/mol. The molecule has 0 aliphatic carbocycles. The van der Waals surface area contributed by atoms with Crippen LogP contribution in [0.2, 0.25) is 0 Å². The van der Waals surface area contributed by atoms with Crippen LogP contribution in [0.1, 0.15) is 11.1 Å². The fourth-order valence-corrected chi connectivity index (χ4v) is 3.03. The smallest absolute Gasteiger partial charge is 0.118 e. The van der Waals surface area contributed by atoms with Gasteiger partial charge in [0.15, 0.2) is 0 Å². The molecule has 0 spiro atoms. The number of ether oxygens (including phenoxy) is 1. The first-order valence-electron chi connectivity index (χ1n) is 7.06. The van der Waals surface area contributed by atoms with Crippen molar-refractivity contribution in [3.8, 4) is 11.8 Å². The predicted octanol–water partition coefficient (Wildman–Crippen LogP) is 3.76. The number of benzene rings is 2. The molecule has 1 N–H and O–H groups in total. The van der Waals surface area contributed by atoms with E-state index in [0.29, 0.717) is 5.56 Å². The molecule has 0 unspecified atom stereocenters. The van der Waals surface area contributed by atoms with E-state index in [4.69, 9.17) is 10.00 Å². The van der Waals surface area contributed by atoms with Crippen LogP contribution in [0.3, 0.4) is 0 Å². The summed E-state index contributed by atoms with van der Waals surface area (Å²) in [6, 6.07) is 14.2. The van der Waals surface area contributed by atoms with Crippen molar-refractivity contribution in [1.29, 1.82) is 5.26 Å². The van der Waals surface area contributed by atoms with Gasteiger partial charge in [-0.2, -0.15) is 5.26 Å². The standard InChI is InChI=1S/C17H16BrN3O/c1-22-14-4-2-12(3-5-14)11-21-7-6-20-16-8-13(10-19)15(18)9-17(16)21/h2-5,8-9,20H,6-7,11H2,1H3. The van der Waals surface area contributed by atoms with Gasteiger partial charge in [0.2, 0.25) is 0 Å². The number of methoxy groups -OCH3 is 1. The third-order valence-electron chi connectivity index (χ3n) is 3.78. The lowest BCUT2D eigenvalue weighted by Gasteiger charge is -2.32. The van der Waals surface area contributed by atoms with Gasteiger partial charge in [0.1, 0.15) is 11.8 Å². The lowest BCUT2D eigenvalue weighted by atomic mass is 10.1. The molecule has 2 aromatic rings. The fourth-order valence-electron chi connectivity index (χ4n) is 2.61. The molecule has 1 aliphatic rings. The highest BCUT2D eigenvalue weighted by Gasteiger charge is 2.18. The average molecular weight is 358 g/mol. The number of nitrogens with zero attached hydrogens (tertiary/aromatic N) is 2. The molecule has 1 aliphatic heterocycles. The van der Waals surface area contributed by atoms with Crippen molar-refractivity contribution < 1.29 is 4.74 Å². The van der Waals surface area contributed by atoms with E-state index < -0.39 is 0 Å². The minimum atomic E-state index is 0.651. The number of anilines is 2. The van der Waals surface area contributed by atoms with E-state index in [1.807, 2.05) is 24.3 Å². The Kier molecular flexibility index (Phi) is 4.21. The normalized spacial score (nSPS) is 13.0. The maximum atomic E-state index is 9.14. The molecule has 0 atom stereocenters. The number of fused-ring (bicyclic) bond motifs is 1. The summed E-state index contributed by atoms with van der Waals surface area (Å²) < 4.78 is 6.03. The Morgan fingerprint density at radius 1 is 1.32 bits per heavy atom. The summed E-state index contributed by atoms with van der Waals surface area (Å²) in [7, 11) is 1.67. The number of halogens is 1. The lowest BCUT2D eigenvalue weighted by molar-refractivity contribution is 0.414. The maximum absolute atomic E-state index is 9.14. The van der Waals surface area contributed by atoms with Crippen molar-refractivity contribution in [2.45, 2.75) is 6.54 Å². The van der Waals surface area contributed by atoms with Crippen molar-refractivity contribution in [2.24, 2.45) is 0 Å². The van der Waals surface area contributed by atoms with Crippen molar-refractivity contribution in [3.05, 3.63) is 52.0 Å².